The summed E-state index contributed by atoms with van der Waals surface area (Å²) in [6, 6.07) is 10.0. The molecule has 4 amide bonds. The summed E-state index contributed by atoms with van der Waals surface area (Å²) in [5, 5.41) is 6.50. The zero-order valence-electron chi connectivity index (χ0n) is 27.3. The molecule has 2 saturated carbocycles. The van der Waals surface area contributed by atoms with E-state index >= 15 is 0 Å². The number of benzene rings is 2. The predicted molar refractivity (Wildman–Crippen MR) is 177 cm³/mol. The molecule has 0 spiro atoms. The number of carbonyl (C=O) groups excluding carboxylic acids is 4. The molecule has 258 valence electrons. The number of terminal acetylenes is 1. The Morgan fingerprint density at radius 3 is 2.44 bits per heavy atom. The number of aromatic nitrogens is 2. The minimum Gasteiger partial charge on any atom is -0.481 e. The van der Waals surface area contributed by atoms with E-state index in [9.17, 15) is 32.3 Å². The van der Waals surface area contributed by atoms with Gasteiger partial charge in [0.25, 0.3) is 30.1 Å². The fourth-order valence-electron chi connectivity index (χ4n) is 7.19. The van der Waals surface area contributed by atoms with E-state index in [4.69, 9.17) is 11.2 Å². The second-order valence-electron chi connectivity index (χ2n) is 13.1. The van der Waals surface area contributed by atoms with Gasteiger partial charge in [0.05, 0.1) is 23.5 Å². The molecule has 0 radical (unpaired) electrons. The molecule has 13 heteroatoms. The molecular weight excluding hydrogens is 651 g/mol. The quantitative estimate of drug-likeness (QED) is 0.239. The third kappa shape index (κ3) is 6.14. The first kappa shape index (κ1) is 33.1. The molecule has 3 aromatic rings. The van der Waals surface area contributed by atoms with E-state index in [0.29, 0.717) is 29.9 Å². The van der Waals surface area contributed by atoms with Crippen molar-refractivity contribution in [3.8, 4) is 18.1 Å². The number of hydrogen-bond donors (Lipinski definition) is 1. The van der Waals surface area contributed by atoms with Gasteiger partial charge in [-0.05, 0) is 80.4 Å². The lowest BCUT2D eigenvalue weighted by molar-refractivity contribution is -0.121. The first-order chi connectivity index (χ1) is 24.1. The standard InChI is InChI=1S/C19H15FN2O4.C18H19F2N3O/c1-2-7-21-15-9-14(13(20)8-16(15)26-10-17(21)23)22-18(24)11-5-3-4-6-12(11)19(22)25;1-23-9-14(16(22-23)17(19)20)18(24)21-15-5-3-2-4-11(15)13-8-12(13)10-6-7-10/h1,8-9H,3-7,10H2;2-5,9-10,12-13,17H,6-8H2,1H3,(H,21,24). The highest BCUT2D eigenvalue weighted by Crippen LogP contribution is 2.60. The number of alkyl halides is 2. The molecule has 1 aromatic heterocycles. The van der Waals surface area contributed by atoms with E-state index < -0.39 is 35.7 Å². The number of anilines is 3. The summed E-state index contributed by atoms with van der Waals surface area (Å²) in [5.74, 6) is 1.91. The summed E-state index contributed by atoms with van der Waals surface area (Å²) in [4.78, 5) is 52.0. The molecule has 3 heterocycles. The molecule has 3 aliphatic carbocycles. The van der Waals surface area contributed by atoms with Gasteiger partial charge in [0, 0.05) is 36.1 Å². The summed E-state index contributed by atoms with van der Waals surface area (Å²) in [7, 11) is 1.53. The molecule has 0 bridgehead atoms. The number of imide groups is 1. The van der Waals surface area contributed by atoms with Crippen molar-refractivity contribution < 1.29 is 37.1 Å². The molecule has 8 rings (SSSR count). The number of amides is 4. The minimum atomic E-state index is -2.77. The van der Waals surface area contributed by atoms with Crippen molar-refractivity contribution in [2.45, 2.75) is 57.3 Å². The summed E-state index contributed by atoms with van der Waals surface area (Å²) < 4.78 is 47.3. The number of rotatable bonds is 7. The van der Waals surface area contributed by atoms with Gasteiger partial charge < -0.3 is 10.1 Å². The lowest BCUT2D eigenvalue weighted by Crippen LogP contribution is -2.39. The van der Waals surface area contributed by atoms with Gasteiger partial charge in [-0.2, -0.15) is 5.10 Å². The molecule has 2 unspecified atom stereocenters. The van der Waals surface area contributed by atoms with Crippen molar-refractivity contribution in [1.82, 2.24) is 9.78 Å². The van der Waals surface area contributed by atoms with Crippen LogP contribution in [0.1, 0.15) is 78.9 Å². The fraction of sp³-hybridized carbons (Fsp3) is 0.378. The Labute approximate surface area is 286 Å². The lowest BCUT2D eigenvalue weighted by atomic mass is 9.93. The maximum atomic E-state index is 14.7. The molecule has 0 saturated heterocycles. The van der Waals surface area contributed by atoms with E-state index in [-0.39, 0.29) is 41.7 Å². The summed E-state index contributed by atoms with van der Waals surface area (Å²) >= 11 is 0. The van der Waals surface area contributed by atoms with Crippen LogP contribution in [-0.2, 0) is 21.4 Å². The average Bonchev–Trinajstić information content (AvgIpc) is 4.03. The number of fused-ring (bicyclic) bond motifs is 1. The molecule has 2 aliphatic heterocycles. The fourth-order valence-corrected chi connectivity index (χ4v) is 7.19. The topological polar surface area (TPSA) is 114 Å². The summed E-state index contributed by atoms with van der Waals surface area (Å²) in [6.07, 6.45) is 10.4. The van der Waals surface area contributed by atoms with Crippen LogP contribution in [0, 0.1) is 30.0 Å². The third-order valence-electron chi connectivity index (χ3n) is 9.84. The second-order valence-corrected chi connectivity index (χ2v) is 13.1. The molecular formula is C37H34F3N5O5. The SMILES string of the molecule is C#CCN1C(=O)COc2cc(F)c(N3C(=O)C4=C(CCCC4)C3=O)cc21.Cn1cc(C(=O)Nc2ccccc2C2CC2C2CC2)c(C(F)F)n1. The van der Waals surface area contributed by atoms with Gasteiger partial charge in [0.1, 0.15) is 11.4 Å². The van der Waals surface area contributed by atoms with Crippen molar-refractivity contribution in [3.05, 3.63) is 76.4 Å². The molecule has 2 aromatic carbocycles. The second kappa shape index (κ2) is 13.2. The minimum absolute atomic E-state index is 0.0170. The largest absolute Gasteiger partial charge is 0.481 e. The Kier molecular flexibility index (Phi) is 8.71. The van der Waals surface area contributed by atoms with Crippen LogP contribution in [0.25, 0.3) is 0 Å². The number of ether oxygens (including phenoxy) is 1. The van der Waals surface area contributed by atoms with Crippen LogP contribution < -0.4 is 19.9 Å². The number of nitrogens with zero attached hydrogens (tertiary/aromatic N) is 4. The molecule has 5 aliphatic rings. The smallest absolute Gasteiger partial charge is 0.282 e. The van der Waals surface area contributed by atoms with E-state index in [1.165, 1.54) is 41.7 Å². The summed E-state index contributed by atoms with van der Waals surface area (Å²) in [6.45, 7) is -0.262. The van der Waals surface area contributed by atoms with Gasteiger partial charge in [-0.25, -0.2) is 18.1 Å². The van der Waals surface area contributed by atoms with E-state index in [0.717, 1.165) is 53.3 Å². The Balaban J connectivity index is 0.000000157. The predicted octanol–water partition coefficient (Wildman–Crippen LogP) is 6.05. The lowest BCUT2D eigenvalue weighted by Gasteiger charge is -2.29. The highest BCUT2D eigenvalue weighted by atomic mass is 19.3. The number of para-hydroxylation sites is 1. The number of hydrogen-bond acceptors (Lipinski definition) is 6. The van der Waals surface area contributed by atoms with Crippen LogP contribution >= 0.6 is 0 Å². The molecule has 50 heavy (non-hydrogen) atoms. The van der Waals surface area contributed by atoms with Crippen LogP contribution in [0.15, 0.2) is 53.7 Å². The van der Waals surface area contributed by atoms with Crippen LogP contribution in [0.5, 0.6) is 5.75 Å². The first-order valence-electron chi connectivity index (χ1n) is 16.6. The maximum Gasteiger partial charge on any atom is 0.282 e. The first-order valence-corrected chi connectivity index (χ1v) is 16.6. The van der Waals surface area contributed by atoms with Crippen LogP contribution in [0.3, 0.4) is 0 Å². The van der Waals surface area contributed by atoms with Gasteiger partial charge in [0.2, 0.25) is 0 Å². The highest BCUT2D eigenvalue weighted by Gasteiger charge is 2.48. The number of nitrogens with one attached hydrogen (secondary N) is 1. The molecule has 10 nitrogen and oxygen atoms in total. The van der Waals surface area contributed by atoms with Crippen molar-refractivity contribution >= 4 is 40.7 Å². The van der Waals surface area contributed by atoms with E-state index in [1.54, 1.807) is 0 Å². The van der Waals surface area contributed by atoms with E-state index in [2.05, 4.69) is 16.3 Å². The van der Waals surface area contributed by atoms with Crippen LogP contribution in [0.2, 0.25) is 0 Å². The summed E-state index contributed by atoms with van der Waals surface area (Å²) in [5.41, 5.74) is 2.28. The Morgan fingerprint density at radius 1 is 1.08 bits per heavy atom. The molecule has 2 atom stereocenters. The molecule has 2 fully saturated rings. The van der Waals surface area contributed by atoms with Gasteiger partial charge in [0.15, 0.2) is 12.4 Å². The normalized spacial score (nSPS) is 20.9. The number of aryl methyl sites for hydroxylation is 1. The average molecular weight is 686 g/mol. The van der Waals surface area contributed by atoms with Gasteiger partial charge in [-0.1, -0.05) is 24.1 Å². The third-order valence-corrected chi connectivity index (χ3v) is 9.84. The van der Waals surface area contributed by atoms with E-state index in [1.807, 2.05) is 24.3 Å². The van der Waals surface area contributed by atoms with Gasteiger partial charge >= 0.3 is 0 Å². The molecule has 1 N–H and O–H groups in total. The number of carbonyl (C=O) groups is 4. The Bertz CT molecular complexity index is 1970. The van der Waals surface area contributed by atoms with Crippen molar-refractivity contribution in [2.24, 2.45) is 18.9 Å². The van der Waals surface area contributed by atoms with Crippen molar-refractivity contribution in [1.29, 1.82) is 0 Å². The Morgan fingerprint density at radius 2 is 1.78 bits per heavy atom. The van der Waals surface area contributed by atoms with Crippen molar-refractivity contribution in [2.75, 3.05) is 28.3 Å². The zero-order valence-corrected chi connectivity index (χ0v) is 27.3. The highest BCUT2D eigenvalue weighted by molar-refractivity contribution is 6.33. The maximum absolute atomic E-state index is 14.7. The van der Waals surface area contributed by atoms with Crippen LogP contribution in [-0.4, -0.2) is 46.6 Å². The Hall–Kier alpha value is -5.38. The van der Waals surface area contributed by atoms with Crippen LogP contribution in [0.4, 0.5) is 30.2 Å². The zero-order chi connectivity index (χ0) is 35.3. The number of halogens is 3. The van der Waals surface area contributed by atoms with Crippen molar-refractivity contribution in [3.63, 3.8) is 0 Å². The van der Waals surface area contributed by atoms with Gasteiger partial charge in [-0.3, -0.25) is 28.8 Å². The monoisotopic (exact) mass is 685 g/mol. The van der Waals surface area contributed by atoms with Gasteiger partial charge in [-0.15, -0.1) is 6.42 Å².